The Bertz CT molecular complexity index is 837. The monoisotopic (exact) mass is 487 g/mol. The van der Waals surface area contributed by atoms with Crippen LogP contribution in [-0.4, -0.2) is 54.4 Å². The molecular weight excluding hydrogens is 446 g/mol. The molecule has 1 saturated carbocycles. The van der Waals surface area contributed by atoms with Crippen molar-refractivity contribution in [1.29, 1.82) is 0 Å². The number of carbonyl (C=O) groups excluding carboxylic acids is 3. The molecule has 2 rings (SSSR count). The molecule has 0 bridgehead atoms. The van der Waals surface area contributed by atoms with E-state index in [9.17, 15) is 14.4 Å². The molecule has 10 heteroatoms. The summed E-state index contributed by atoms with van der Waals surface area (Å²) in [5.41, 5.74) is 17.2. The van der Waals surface area contributed by atoms with Crippen molar-refractivity contribution in [3.8, 4) is 0 Å². The fourth-order valence-electron chi connectivity index (χ4n) is 4.28. The number of unbranched alkanes of at least 4 members (excludes halogenated alkanes) is 1. The molecule has 1 aromatic rings. The van der Waals surface area contributed by atoms with Crippen molar-refractivity contribution < 1.29 is 14.4 Å². The Morgan fingerprint density at radius 2 is 1.60 bits per heavy atom. The van der Waals surface area contributed by atoms with E-state index in [-0.39, 0.29) is 18.3 Å². The summed E-state index contributed by atoms with van der Waals surface area (Å²) in [4.78, 5) is 42.1. The lowest BCUT2D eigenvalue weighted by atomic mass is 9.95. The van der Waals surface area contributed by atoms with E-state index in [4.69, 9.17) is 17.2 Å². The van der Waals surface area contributed by atoms with Crippen LogP contribution in [0.25, 0.3) is 0 Å². The van der Waals surface area contributed by atoms with E-state index in [2.05, 4.69) is 20.9 Å². The molecule has 1 aromatic carbocycles. The van der Waals surface area contributed by atoms with Gasteiger partial charge in [-0.15, -0.1) is 0 Å². The Balaban J connectivity index is 2.01. The van der Waals surface area contributed by atoms with E-state index in [1.165, 1.54) is 6.42 Å². The van der Waals surface area contributed by atoms with Gasteiger partial charge < -0.3 is 33.2 Å². The largest absolute Gasteiger partial charge is 0.370 e. The van der Waals surface area contributed by atoms with Crippen LogP contribution >= 0.6 is 0 Å². The van der Waals surface area contributed by atoms with Crippen LogP contribution in [0, 0.1) is 0 Å². The summed E-state index contributed by atoms with van der Waals surface area (Å²) in [5, 5.41) is 8.98. The van der Waals surface area contributed by atoms with Gasteiger partial charge in [0.1, 0.15) is 12.1 Å². The van der Waals surface area contributed by atoms with Crippen molar-refractivity contribution in [1.82, 2.24) is 16.0 Å². The van der Waals surface area contributed by atoms with Crippen molar-refractivity contribution in [3.05, 3.63) is 35.9 Å². The lowest BCUT2D eigenvalue weighted by Crippen LogP contribution is -2.56. The number of hydrogen-bond acceptors (Lipinski definition) is 5. The van der Waals surface area contributed by atoms with E-state index in [0.29, 0.717) is 31.8 Å². The van der Waals surface area contributed by atoms with Crippen LogP contribution in [0.4, 0.5) is 0 Å². The number of guanidine groups is 1. The highest BCUT2D eigenvalue weighted by Crippen LogP contribution is 2.18. The molecule has 0 saturated heterocycles. The van der Waals surface area contributed by atoms with Gasteiger partial charge in [0, 0.05) is 19.0 Å². The molecule has 1 aliphatic carbocycles. The molecular formula is C25H41N7O3. The minimum Gasteiger partial charge on any atom is -0.370 e. The van der Waals surface area contributed by atoms with Crippen LogP contribution in [0.2, 0.25) is 0 Å². The van der Waals surface area contributed by atoms with Gasteiger partial charge in [0.05, 0.1) is 6.04 Å². The van der Waals surface area contributed by atoms with Crippen molar-refractivity contribution in [2.45, 2.75) is 88.9 Å². The zero-order valence-electron chi connectivity index (χ0n) is 20.7. The van der Waals surface area contributed by atoms with Crippen LogP contribution in [0.1, 0.15) is 63.9 Å². The molecule has 0 aliphatic heterocycles. The lowest BCUT2D eigenvalue weighted by Gasteiger charge is -2.28. The Kier molecular flexibility index (Phi) is 12.0. The SMILES string of the molecule is C[C@H](NC1CCCCC1)C(=O)N[C@@H](CCCCN=C(N)N)C(=O)N[C@@H](Cc1ccccc1)C(N)=O. The molecule has 10 nitrogen and oxygen atoms in total. The maximum absolute atomic E-state index is 13.1. The summed E-state index contributed by atoms with van der Waals surface area (Å²) >= 11 is 0. The van der Waals surface area contributed by atoms with Crippen LogP contribution in [0.5, 0.6) is 0 Å². The van der Waals surface area contributed by atoms with Crippen LogP contribution in [-0.2, 0) is 20.8 Å². The summed E-state index contributed by atoms with van der Waals surface area (Å²) < 4.78 is 0. The Labute approximate surface area is 207 Å². The number of aliphatic imine (C=N–C) groups is 1. The van der Waals surface area contributed by atoms with Crippen molar-refractivity contribution in [2.75, 3.05) is 6.54 Å². The van der Waals surface area contributed by atoms with Crippen LogP contribution in [0.15, 0.2) is 35.3 Å². The van der Waals surface area contributed by atoms with Gasteiger partial charge in [-0.2, -0.15) is 0 Å². The van der Waals surface area contributed by atoms with Crippen LogP contribution in [0.3, 0.4) is 0 Å². The average Bonchev–Trinajstić information content (AvgIpc) is 2.83. The number of hydrogen-bond donors (Lipinski definition) is 6. The smallest absolute Gasteiger partial charge is 0.243 e. The zero-order valence-corrected chi connectivity index (χ0v) is 20.7. The van der Waals surface area contributed by atoms with Gasteiger partial charge in [0.25, 0.3) is 0 Å². The van der Waals surface area contributed by atoms with Crippen molar-refractivity contribution in [2.24, 2.45) is 22.2 Å². The van der Waals surface area contributed by atoms with E-state index < -0.39 is 29.9 Å². The first-order valence-corrected chi connectivity index (χ1v) is 12.5. The fraction of sp³-hybridized carbons (Fsp3) is 0.600. The highest BCUT2D eigenvalue weighted by atomic mass is 16.2. The van der Waals surface area contributed by atoms with Gasteiger partial charge in [0.15, 0.2) is 5.96 Å². The van der Waals surface area contributed by atoms with Crippen molar-refractivity contribution >= 4 is 23.7 Å². The maximum atomic E-state index is 13.1. The summed E-state index contributed by atoms with van der Waals surface area (Å²) in [6.07, 6.45) is 7.54. The molecule has 0 radical (unpaired) electrons. The van der Waals surface area contributed by atoms with E-state index in [1.807, 2.05) is 30.3 Å². The van der Waals surface area contributed by atoms with Gasteiger partial charge in [-0.1, -0.05) is 49.6 Å². The van der Waals surface area contributed by atoms with Crippen molar-refractivity contribution in [3.63, 3.8) is 0 Å². The van der Waals surface area contributed by atoms with Gasteiger partial charge >= 0.3 is 0 Å². The first-order valence-electron chi connectivity index (χ1n) is 12.5. The molecule has 9 N–H and O–H groups in total. The van der Waals surface area contributed by atoms with Gasteiger partial charge in [0.2, 0.25) is 17.7 Å². The van der Waals surface area contributed by atoms with E-state index >= 15 is 0 Å². The standard InChI is InChI=1S/C25H41N7O3/c1-17(30-19-12-6-3-7-13-19)23(34)31-20(14-8-9-15-29-25(27)28)24(35)32-21(22(26)33)16-18-10-4-2-5-11-18/h2,4-5,10-11,17,19-21,30H,3,6-9,12-16H2,1H3,(H2,26,33)(H,31,34)(H,32,35)(H4,27,28,29)/t17-,20-,21-/m0/s1. The molecule has 0 unspecified atom stereocenters. The van der Waals surface area contributed by atoms with Crippen LogP contribution < -0.4 is 33.2 Å². The number of nitrogens with one attached hydrogen (secondary N) is 3. The number of primary amides is 1. The normalized spacial score (nSPS) is 16.5. The molecule has 0 heterocycles. The minimum absolute atomic E-state index is 0.0143. The number of rotatable bonds is 14. The number of carbonyl (C=O) groups is 3. The first-order chi connectivity index (χ1) is 16.8. The zero-order chi connectivity index (χ0) is 25.6. The third-order valence-electron chi connectivity index (χ3n) is 6.26. The first kappa shape index (κ1) is 28.1. The van der Waals surface area contributed by atoms with Gasteiger partial charge in [-0.25, -0.2) is 0 Å². The molecule has 3 atom stereocenters. The highest BCUT2D eigenvalue weighted by molar-refractivity contribution is 5.92. The summed E-state index contributed by atoms with van der Waals surface area (Å²) in [5.74, 6) is -1.31. The topological polar surface area (TPSA) is 178 Å². The second kappa shape index (κ2) is 15.0. The molecule has 0 aromatic heterocycles. The minimum atomic E-state index is -0.885. The number of benzene rings is 1. The Morgan fingerprint density at radius 3 is 2.23 bits per heavy atom. The predicted octanol–water partition coefficient (Wildman–Crippen LogP) is 0.439. The quantitative estimate of drug-likeness (QED) is 0.126. The Morgan fingerprint density at radius 1 is 0.943 bits per heavy atom. The highest BCUT2D eigenvalue weighted by Gasteiger charge is 2.28. The molecule has 1 fully saturated rings. The molecule has 3 amide bonds. The second-order valence-electron chi connectivity index (χ2n) is 9.24. The molecule has 35 heavy (non-hydrogen) atoms. The molecule has 194 valence electrons. The third-order valence-corrected chi connectivity index (χ3v) is 6.26. The number of amides is 3. The molecule has 0 spiro atoms. The maximum Gasteiger partial charge on any atom is 0.243 e. The Hall–Kier alpha value is -3.14. The summed E-state index contributed by atoms with van der Waals surface area (Å²) in [6.45, 7) is 2.24. The number of nitrogens with two attached hydrogens (primary N) is 3. The fourth-order valence-corrected chi connectivity index (χ4v) is 4.28. The van der Waals surface area contributed by atoms with Gasteiger partial charge in [-0.05, 0) is 44.6 Å². The van der Waals surface area contributed by atoms with E-state index in [0.717, 1.165) is 31.2 Å². The third kappa shape index (κ3) is 10.8. The lowest BCUT2D eigenvalue weighted by molar-refractivity contribution is -0.132. The summed E-state index contributed by atoms with van der Waals surface area (Å²) in [6, 6.07) is 7.49. The molecule has 1 aliphatic rings. The number of nitrogens with zero attached hydrogens (tertiary/aromatic N) is 1. The van der Waals surface area contributed by atoms with Gasteiger partial charge in [-0.3, -0.25) is 19.4 Å². The van der Waals surface area contributed by atoms with E-state index in [1.54, 1.807) is 6.92 Å². The predicted molar refractivity (Wildman–Crippen MR) is 137 cm³/mol. The average molecular weight is 488 g/mol. The summed E-state index contributed by atoms with van der Waals surface area (Å²) in [7, 11) is 0. The second-order valence-corrected chi connectivity index (χ2v) is 9.24.